The summed E-state index contributed by atoms with van der Waals surface area (Å²) in [5.41, 5.74) is 3.24. The number of carbonyl (C=O) groups excluding carboxylic acids is 2. The Morgan fingerprint density at radius 1 is 0.804 bits per heavy atom. The zero-order valence-electron chi connectivity index (χ0n) is 27.4. The third-order valence-electron chi connectivity index (χ3n) is 6.47. The summed E-state index contributed by atoms with van der Waals surface area (Å²) in [6, 6.07) is 10.1. The van der Waals surface area contributed by atoms with Crippen molar-refractivity contribution in [1.29, 1.82) is 5.26 Å². The van der Waals surface area contributed by atoms with E-state index in [2.05, 4.69) is 35.7 Å². The van der Waals surface area contributed by atoms with Crippen molar-refractivity contribution in [2.75, 3.05) is 12.0 Å². The molecule has 266 valence electrons. The van der Waals surface area contributed by atoms with Crippen molar-refractivity contribution in [3.05, 3.63) is 67.6 Å². The van der Waals surface area contributed by atoms with Crippen LogP contribution in [0.4, 0.5) is 10.5 Å². The van der Waals surface area contributed by atoms with Crippen LogP contribution in [-0.4, -0.2) is 49.8 Å². The van der Waals surface area contributed by atoms with Gasteiger partial charge in [-0.3, -0.25) is 15.5 Å². The second-order valence-corrected chi connectivity index (χ2v) is 12.5. The van der Waals surface area contributed by atoms with Crippen molar-refractivity contribution < 1.29 is 33.6 Å². The quantitative estimate of drug-likeness (QED) is 0.0910. The minimum Gasteiger partial charge on any atom is -0.508 e. The molecule has 2 aromatic heterocycles. The topological polar surface area (TPSA) is 203 Å². The lowest BCUT2D eigenvalue weighted by molar-refractivity contribution is -0.114. The van der Waals surface area contributed by atoms with Crippen molar-refractivity contribution >= 4 is 69.8 Å². The highest BCUT2D eigenvalue weighted by Crippen LogP contribution is 2.42. The van der Waals surface area contributed by atoms with Gasteiger partial charge in [-0.25, -0.2) is 4.79 Å². The van der Waals surface area contributed by atoms with E-state index in [9.17, 15) is 20.0 Å². The molecule has 15 nitrogen and oxygen atoms in total. The number of imide groups is 1. The van der Waals surface area contributed by atoms with Gasteiger partial charge in [0.15, 0.2) is 11.5 Å². The molecular weight excluding hydrogens is 750 g/mol. The zero-order chi connectivity index (χ0) is 37.4. The summed E-state index contributed by atoms with van der Waals surface area (Å²) < 4.78 is 22.4. The molecule has 0 saturated carbocycles. The van der Waals surface area contributed by atoms with Crippen LogP contribution in [0.25, 0.3) is 0 Å². The van der Waals surface area contributed by atoms with Gasteiger partial charge in [0.05, 0.1) is 32.4 Å². The number of benzene rings is 2. The molecular formula is C32H28Cl4N8O7. The molecule has 19 heteroatoms. The lowest BCUT2D eigenvalue weighted by Gasteiger charge is -2.16. The number of phenolic OH excluding ortho intramolecular Hbond substituents is 1. The van der Waals surface area contributed by atoms with E-state index in [1.165, 1.54) is 24.3 Å². The molecule has 3 N–H and O–H groups in total. The molecule has 0 saturated heterocycles. The Kier molecular flexibility index (Phi) is 13.0. The normalized spacial score (nSPS) is 11.2. The number of aromatic hydroxyl groups is 1. The maximum absolute atomic E-state index is 12.1. The number of nitrogens with one attached hydrogen (secondary N) is 2. The Labute approximate surface area is 311 Å². The molecule has 4 aromatic rings. The molecule has 0 bridgehead atoms. The first kappa shape index (κ1) is 38.7. The van der Waals surface area contributed by atoms with Crippen LogP contribution in [0.15, 0.2) is 41.5 Å². The lowest BCUT2D eigenvalue weighted by atomic mass is 10.1. The number of hydrazone groups is 1. The molecule has 0 aliphatic heterocycles. The van der Waals surface area contributed by atoms with Gasteiger partial charge in [0.25, 0.3) is 5.91 Å². The van der Waals surface area contributed by atoms with E-state index >= 15 is 0 Å². The molecule has 0 unspecified atom stereocenters. The van der Waals surface area contributed by atoms with Gasteiger partial charge < -0.3 is 24.1 Å². The Morgan fingerprint density at radius 3 is 1.80 bits per heavy atom. The maximum atomic E-state index is 12.1. The fourth-order valence-corrected chi connectivity index (χ4v) is 5.19. The summed E-state index contributed by atoms with van der Waals surface area (Å²) in [6.07, 6.45) is -1.03. The highest BCUT2D eigenvalue weighted by atomic mass is 35.5. The number of hydrogen-bond acceptors (Lipinski definition) is 14. The Hall–Kier alpha value is -5.14. The smallest absolute Gasteiger partial charge is 0.414 e. The predicted molar refractivity (Wildman–Crippen MR) is 189 cm³/mol. The van der Waals surface area contributed by atoms with Gasteiger partial charge in [0.2, 0.25) is 29.2 Å². The summed E-state index contributed by atoms with van der Waals surface area (Å²) in [4.78, 5) is 23.6. The van der Waals surface area contributed by atoms with Gasteiger partial charge in [0.1, 0.15) is 11.8 Å². The number of aromatic nitrogens is 4. The van der Waals surface area contributed by atoms with Crippen LogP contribution >= 0.6 is 46.4 Å². The first-order valence-corrected chi connectivity index (χ1v) is 16.4. The number of halogens is 4. The van der Waals surface area contributed by atoms with Gasteiger partial charge in [-0.1, -0.05) is 74.1 Å². The van der Waals surface area contributed by atoms with Crippen LogP contribution in [0.2, 0.25) is 20.1 Å². The molecule has 2 amide bonds. The number of nitriles is 1. The fourth-order valence-electron chi connectivity index (χ4n) is 4.07. The van der Waals surface area contributed by atoms with Crippen molar-refractivity contribution in [2.24, 2.45) is 5.10 Å². The first-order valence-electron chi connectivity index (χ1n) is 14.9. The summed E-state index contributed by atoms with van der Waals surface area (Å²) in [5.74, 6) is -0.859. The van der Waals surface area contributed by atoms with Gasteiger partial charge in [-0.2, -0.15) is 10.4 Å². The standard InChI is InChI=1S/C32H28Cl4N8O7/c1-6-48-32(47)38-29(46)24(13-37)40-39-16-7-20(33)27(21(34)8-16)49-25-11-18(14(2)3)30(43-41-25)50-26-12-19(15(4)5)31(44-42-26)51-28-22(35)9-17(45)10-23(28)36/h7-12,14-15,39,45H,6H2,1-5H3,(H,38,46,47)/b40-24+. The third-order valence-corrected chi connectivity index (χ3v) is 7.59. The molecule has 2 heterocycles. The molecule has 4 rings (SSSR count). The van der Waals surface area contributed by atoms with Gasteiger partial charge >= 0.3 is 6.09 Å². The summed E-state index contributed by atoms with van der Waals surface area (Å²) in [5, 5.41) is 41.4. The van der Waals surface area contributed by atoms with Gasteiger partial charge in [0, 0.05) is 35.4 Å². The first-order chi connectivity index (χ1) is 24.2. The molecule has 51 heavy (non-hydrogen) atoms. The van der Waals surface area contributed by atoms with E-state index in [0.717, 1.165) is 0 Å². The number of anilines is 1. The molecule has 0 atom stereocenters. The van der Waals surface area contributed by atoms with E-state index in [0.29, 0.717) is 11.1 Å². The van der Waals surface area contributed by atoms with Crippen LogP contribution < -0.4 is 25.0 Å². The minimum absolute atomic E-state index is 0.0246. The van der Waals surface area contributed by atoms with Crippen molar-refractivity contribution in [3.63, 3.8) is 0 Å². The van der Waals surface area contributed by atoms with E-state index in [-0.39, 0.29) is 85.0 Å². The highest BCUT2D eigenvalue weighted by Gasteiger charge is 2.21. The average molecular weight is 778 g/mol. The summed E-state index contributed by atoms with van der Waals surface area (Å²) >= 11 is 25.3. The van der Waals surface area contributed by atoms with Gasteiger partial charge in [-0.05, 0) is 30.9 Å². The van der Waals surface area contributed by atoms with Gasteiger partial charge in [-0.15, -0.1) is 20.4 Å². The Balaban J connectivity index is 1.53. The number of hydrogen-bond donors (Lipinski definition) is 3. The average Bonchev–Trinajstić information content (AvgIpc) is 3.05. The molecule has 2 aromatic carbocycles. The molecule has 0 fully saturated rings. The second kappa shape index (κ2) is 17.2. The van der Waals surface area contributed by atoms with Crippen LogP contribution in [0.5, 0.6) is 40.8 Å². The van der Waals surface area contributed by atoms with E-state index in [4.69, 9.17) is 60.6 Å². The lowest BCUT2D eigenvalue weighted by Crippen LogP contribution is -2.36. The number of alkyl carbamates (subject to hydrolysis) is 1. The van der Waals surface area contributed by atoms with Crippen molar-refractivity contribution in [3.8, 4) is 46.8 Å². The predicted octanol–water partition coefficient (Wildman–Crippen LogP) is 8.77. The Morgan fingerprint density at radius 2 is 1.29 bits per heavy atom. The molecule has 0 aliphatic carbocycles. The maximum Gasteiger partial charge on any atom is 0.414 e. The number of nitrogens with zero attached hydrogens (tertiary/aromatic N) is 6. The zero-order valence-corrected chi connectivity index (χ0v) is 30.4. The number of rotatable bonds is 12. The minimum atomic E-state index is -1.08. The van der Waals surface area contributed by atoms with Crippen molar-refractivity contribution in [2.45, 2.75) is 46.5 Å². The van der Waals surface area contributed by atoms with E-state index in [1.54, 1.807) is 25.1 Å². The third kappa shape index (κ3) is 9.98. The molecule has 0 radical (unpaired) electrons. The number of phenols is 1. The second-order valence-electron chi connectivity index (χ2n) is 10.9. The molecule has 0 aliphatic rings. The van der Waals surface area contributed by atoms with Crippen LogP contribution in [0.3, 0.4) is 0 Å². The summed E-state index contributed by atoms with van der Waals surface area (Å²) in [7, 11) is 0. The highest BCUT2D eigenvalue weighted by molar-refractivity contribution is 6.47. The van der Waals surface area contributed by atoms with Crippen LogP contribution in [0.1, 0.15) is 57.6 Å². The Bertz CT molecular complexity index is 1990. The number of ether oxygens (including phenoxy) is 4. The largest absolute Gasteiger partial charge is 0.508 e. The molecule has 0 spiro atoms. The van der Waals surface area contributed by atoms with Crippen LogP contribution in [0, 0.1) is 11.3 Å². The summed E-state index contributed by atoms with van der Waals surface area (Å²) in [6.45, 7) is 9.23. The SMILES string of the molecule is CCOC(=O)NC(=O)/C(C#N)=N/Nc1cc(Cl)c(Oc2cc(C(C)C)c(Oc3cc(C(C)C)c(Oc4c(Cl)cc(O)cc4Cl)nn3)nn2)c(Cl)c1. The van der Waals surface area contributed by atoms with E-state index in [1.807, 2.05) is 33.0 Å². The fraction of sp³-hybridized carbons (Fsp3) is 0.250. The monoisotopic (exact) mass is 776 g/mol. The van der Waals surface area contributed by atoms with Crippen LogP contribution in [-0.2, 0) is 9.53 Å². The number of amides is 2. The van der Waals surface area contributed by atoms with Crippen molar-refractivity contribution in [1.82, 2.24) is 25.7 Å². The number of carbonyl (C=O) groups is 2. The van der Waals surface area contributed by atoms with E-state index < -0.39 is 17.7 Å².